The summed E-state index contributed by atoms with van der Waals surface area (Å²) in [5, 5.41) is 2.58. The quantitative estimate of drug-likeness (QED) is 0.599. The molecule has 4 N–H and O–H groups in total. The molecule has 1 aliphatic heterocycles. The van der Waals surface area contributed by atoms with Crippen molar-refractivity contribution in [2.75, 3.05) is 24.6 Å². The van der Waals surface area contributed by atoms with E-state index in [0.29, 0.717) is 16.7 Å². The van der Waals surface area contributed by atoms with Crippen LogP contribution in [0.2, 0.25) is 10.0 Å². The van der Waals surface area contributed by atoms with E-state index in [4.69, 9.17) is 39.5 Å². The summed E-state index contributed by atoms with van der Waals surface area (Å²) in [5.41, 5.74) is 11.9. The zero-order valence-electron chi connectivity index (χ0n) is 15.1. The third kappa shape index (κ3) is 5.64. The molecule has 0 radical (unpaired) electrons. The lowest BCUT2D eigenvalue weighted by Crippen LogP contribution is -2.53. The SMILES string of the molecule is Br.CCN(CCCON1C(N)=NC(N)=NC1(C)C)c1ccc(Cl)c(Cl)c1. The number of hydroxylamine groups is 2. The number of benzene rings is 1. The number of rotatable bonds is 7. The highest BCUT2D eigenvalue weighted by Gasteiger charge is 2.32. The molecule has 0 spiro atoms. The first-order chi connectivity index (χ1) is 11.7. The predicted octanol–water partition coefficient (Wildman–Crippen LogP) is 3.40. The second kappa shape index (κ2) is 9.64. The molecule has 0 aromatic heterocycles. The number of halogens is 3. The highest BCUT2D eigenvalue weighted by molar-refractivity contribution is 8.93. The number of nitrogens with zero attached hydrogens (tertiary/aromatic N) is 4. The molecule has 0 fully saturated rings. The number of nitrogens with two attached hydrogens (primary N) is 2. The normalized spacial score (nSPS) is 15.8. The minimum absolute atomic E-state index is 0. The van der Waals surface area contributed by atoms with Gasteiger partial charge in [0.2, 0.25) is 11.9 Å². The van der Waals surface area contributed by atoms with Gasteiger partial charge in [-0.05, 0) is 45.4 Å². The van der Waals surface area contributed by atoms with Crippen LogP contribution in [-0.2, 0) is 4.84 Å². The van der Waals surface area contributed by atoms with E-state index in [1.165, 1.54) is 5.06 Å². The summed E-state index contributed by atoms with van der Waals surface area (Å²) < 4.78 is 0. The van der Waals surface area contributed by atoms with Gasteiger partial charge in [-0.15, -0.1) is 17.0 Å². The van der Waals surface area contributed by atoms with Gasteiger partial charge in [0.05, 0.1) is 16.7 Å². The summed E-state index contributed by atoms with van der Waals surface area (Å²) in [5.74, 6) is 0.355. The Kier molecular flexibility index (Phi) is 8.46. The fourth-order valence-electron chi connectivity index (χ4n) is 2.58. The van der Waals surface area contributed by atoms with Gasteiger partial charge in [0.25, 0.3) is 0 Å². The fourth-order valence-corrected chi connectivity index (χ4v) is 2.87. The third-order valence-corrected chi connectivity index (χ3v) is 4.50. The van der Waals surface area contributed by atoms with Crippen molar-refractivity contribution in [1.82, 2.24) is 5.06 Å². The molecule has 1 aromatic carbocycles. The maximum atomic E-state index is 6.10. The van der Waals surface area contributed by atoms with Crippen molar-refractivity contribution in [2.45, 2.75) is 32.9 Å². The van der Waals surface area contributed by atoms with Crippen LogP contribution < -0.4 is 16.4 Å². The minimum atomic E-state index is -0.690. The number of guanidine groups is 2. The summed E-state index contributed by atoms with van der Waals surface area (Å²) >= 11 is 12.1. The number of hydrogen-bond donors (Lipinski definition) is 2. The highest BCUT2D eigenvalue weighted by atomic mass is 79.9. The maximum absolute atomic E-state index is 6.10. The lowest BCUT2D eigenvalue weighted by molar-refractivity contribution is -0.157. The molecule has 7 nitrogen and oxygen atoms in total. The van der Waals surface area contributed by atoms with Crippen LogP contribution in [0.25, 0.3) is 0 Å². The van der Waals surface area contributed by atoms with Crippen LogP contribution in [-0.4, -0.2) is 42.3 Å². The van der Waals surface area contributed by atoms with Crippen molar-refractivity contribution in [1.29, 1.82) is 0 Å². The van der Waals surface area contributed by atoms with E-state index in [1.54, 1.807) is 6.07 Å². The minimum Gasteiger partial charge on any atom is -0.372 e. The van der Waals surface area contributed by atoms with Crippen molar-refractivity contribution in [2.24, 2.45) is 21.5 Å². The van der Waals surface area contributed by atoms with Crippen LogP contribution >= 0.6 is 40.2 Å². The second-order valence-electron chi connectivity index (χ2n) is 6.09. The molecule has 2 rings (SSSR count). The summed E-state index contributed by atoms with van der Waals surface area (Å²) in [6.07, 6.45) is 0.785. The lowest BCUT2D eigenvalue weighted by atomic mass is 10.2. The van der Waals surface area contributed by atoms with E-state index in [0.717, 1.165) is 25.2 Å². The van der Waals surface area contributed by atoms with Crippen molar-refractivity contribution in [3.05, 3.63) is 28.2 Å². The largest absolute Gasteiger partial charge is 0.372 e. The first kappa shape index (κ1) is 22.8. The van der Waals surface area contributed by atoms with Crippen molar-refractivity contribution in [3.8, 4) is 0 Å². The van der Waals surface area contributed by atoms with Crippen LogP contribution in [0.3, 0.4) is 0 Å². The molecule has 0 aliphatic carbocycles. The summed E-state index contributed by atoms with van der Waals surface area (Å²) in [7, 11) is 0. The van der Waals surface area contributed by atoms with Gasteiger partial charge in [0.1, 0.15) is 0 Å². The molecule has 1 heterocycles. The molecule has 10 heteroatoms. The zero-order valence-corrected chi connectivity index (χ0v) is 18.3. The number of hydrogen-bond acceptors (Lipinski definition) is 7. The fraction of sp³-hybridized carbons (Fsp3) is 0.500. The van der Waals surface area contributed by atoms with Gasteiger partial charge >= 0.3 is 0 Å². The van der Waals surface area contributed by atoms with Crippen molar-refractivity contribution >= 4 is 57.8 Å². The molecule has 146 valence electrons. The highest BCUT2D eigenvalue weighted by Crippen LogP contribution is 2.27. The summed E-state index contributed by atoms with van der Waals surface area (Å²) in [6, 6.07) is 5.62. The van der Waals surface area contributed by atoms with E-state index in [1.807, 2.05) is 26.0 Å². The number of anilines is 1. The summed E-state index contributed by atoms with van der Waals surface area (Å²) in [6.45, 7) is 7.90. The first-order valence-corrected chi connectivity index (χ1v) is 8.83. The first-order valence-electron chi connectivity index (χ1n) is 8.07. The number of aliphatic imine (C=N–C) groups is 2. The van der Waals surface area contributed by atoms with Gasteiger partial charge in [0, 0.05) is 18.8 Å². The Hall–Kier alpha value is -1.22. The predicted molar refractivity (Wildman–Crippen MR) is 114 cm³/mol. The molecule has 26 heavy (non-hydrogen) atoms. The second-order valence-corrected chi connectivity index (χ2v) is 6.91. The Morgan fingerprint density at radius 2 is 1.92 bits per heavy atom. The molecule has 1 aliphatic rings. The Bertz CT molecular complexity index is 683. The van der Waals surface area contributed by atoms with E-state index in [-0.39, 0.29) is 28.9 Å². The maximum Gasteiger partial charge on any atom is 0.226 e. The molecular formula is C16H25BrCl2N6O. The third-order valence-electron chi connectivity index (χ3n) is 3.77. The monoisotopic (exact) mass is 466 g/mol. The van der Waals surface area contributed by atoms with E-state index in [2.05, 4.69) is 21.8 Å². The molecule has 0 atom stereocenters. The molecule has 0 bridgehead atoms. The molecular weight excluding hydrogens is 443 g/mol. The molecule has 0 saturated carbocycles. The van der Waals surface area contributed by atoms with Gasteiger partial charge in [-0.1, -0.05) is 23.2 Å². The van der Waals surface area contributed by atoms with E-state index < -0.39 is 5.66 Å². The van der Waals surface area contributed by atoms with Crippen LogP contribution in [0, 0.1) is 0 Å². The molecule has 0 unspecified atom stereocenters. The standard InChI is InChI=1S/C16H24Cl2N6O.BrH/c1-4-23(11-6-7-12(17)13(18)10-11)8-5-9-25-24-15(20)21-14(19)22-16(24,2)3;/h6-7,10H,4-5,8-9H2,1-3H3,(H4,19,20,21,22);1H. The smallest absolute Gasteiger partial charge is 0.226 e. The van der Waals surface area contributed by atoms with Crippen molar-refractivity contribution in [3.63, 3.8) is 0 Å². The van der Waals surface area contributed by atoms with Crippen LogP contribution in [0.1, 0.15) is 27.2 Å². The molecule has 0 amide bonds. The average Bonchev–Trinajstić information content (AvgIpc) is 2.51. The Labute approximate surface area is 174 Å². The average molecular weight is 468 g/mol. The Morgan fingerprint density at radius 3 is 2.50 bits per heavy atom. The van der Waals surface area contributed by atoms with Crippen LogP contribution in [0.4, 0.5) is 5.69 Å². The van der Waals surface area contributed by atoms with Gasteiger partial charge in [-0.2, -0.15) is 10.1 Å². The Balaban J connectivity index is 0.00000338. The van der Waals surface area contributed by atoms with E-state index >= 15 is 0 Å². The van der Waals surface area contributed by atoms with Gasteiger partial charge in [-0.3, -0.25) is 4.84 Å². The Morgan fingerprint density at radius 1 is 1.23 bits per heavy atom. The van der Waals surface area contributed by atoms with Gasteiger partial charge in [0.15, 0.2) is 5.66 Å². The van der Waals surface area contributed by atoms with Crippen molar-refractivity contribution < 1.29 is 4.84 Å². The van der Waals surface area contributed by atoms with Gasteiger partial charge in [-0.25, -0.2) is 4.99 Å². The topological polar surface area (TPSA) is 92.5 Å². The zero-order chi connectivity index (χ0) is 18.6. The van der Waals surface area contributed by atoms with E-state index in [9.17, 15) is 0 Å². The molecule has 1 aromatic rings. The summed E-state index contributed by atoms with van der Waals surface area (Å²) in [4.78, 5) is 16.1. The lowest BCUT2D eigenvalue weighted by Gasteiger charge is -2.36. The van der Waals surface area contributed by atoms with Gasteiger partial charge < -0.3 is 16.4 Å². The van der Waals surface area contributed by atoms with Crippen LogP contribution in [0.5, 0.6) is 0 Å². The van der Waals surface area contributed by atoms with Crippen LogP contribution in [0.15, 0.2) is 28.2 Å². The molecule has 0 saturated heterocycles.